The molecule has 0 fully saturated rings. The van der Waals surface area contributed by atoms with E-state index in [1.807, 2.05) is 6.92 Å². The molecule has 1 aromatic carbocycles. The van der Waals surface area contributed by atoms with E-state index in [9.17, 15) is 22.8 Å². The van der Waals surface area contributed by atoms with Gasteiger partial charge in [0.15, 0.2) is 0 Å². The van der Waals surface area contributed by atoms with E-state index >= 15 is 0 Å². The molecule has 1 aromatic rings. The summed E-state index contributed by atoms with van der Waals surface area (Å²) in [5, 5.41) is 4.44. The summed E-state index contributed by atoms with van der Waals surface area (Å²) in [6, 6.07) is 6.00. The van der Waals surface area contributed by atoms with Crippen molar-refractivity contribution in [1.82, 2.24) is 10.6 Å². The van der Waals surface area contributed by atoms with Crippen molar-refractivity contribution in [2.24, 2.45) is 0 Å². The molecule has 4 nitrogen and oxygen atoms in total. The Bertz CT molecular complexity index is 469. The van der Waals surface area contributed by atoms with Crippen LogP contribution in [0.4, 0.5) is 13.2 Å². The minimum atomic E-state index is -4.89. The molecule has 0 bridgehead atoms. The molecule has 2 amide bonds. The molecule has 0 unspecified atom stereocenters. The van der Waals surface area contributed by atoms with E-state index in [1.54, 1.807) is 5.32 Å². The highest BCUT2D eigenvalue weighted by Gasteiger charge is 2.38. The molecule has 0 aliphatic heterocycles. The first kappa shape index (κ1) is 16.0. The van der Waals surface area contributed by atoms with Crippen molar-refractivity contribution >= 4 is 11.8 Å². The van der Waals surface area contributed by atoms with Gasteiger partial charge in [0.1, 0.15) is 0 Å². The lowest BCUT2D eigenvalue weighted by Gasteiger charge is -2.08. The summed E-state index contributed by atoms with van der Waals surface area (Å²) in [4.78, 5) is 22.2. The smallest absolute Gasteiger partial charge is 0.352 e. The minimum Gasteiger partial charge on any atom is -0.352 e. The quantitative estimate of drug-likeness (QED) is 0.870. The number of carbonyl (C=O) groups excluding carboxylic acids is 2. The Morgan fingerprint density at radius 3 is 2.20 bits per heavy atom. The summed E-state index contributed by atoms with van der Waals surface area (Å²) in [6.07, 6.45) is -4.08. The molecule has 0 spiro atoms. The van der Waals surface area contributed by atoms with E-state index in [0.29, 0.717) is 17.7 Å². The number of hydrogen-bond acceptors (Lipinski definition) is 2. The van der Waals surface area contributed by atoms with Gasteiger partial charge in [-0.1, -0.05) is 19.1 Å². The Morgan fingerprint density at radius 2 is 1.70 bits per heavy atom. The topological polar surface area (TPSA) is 58.2 Å². The molecule has 0 saturated heterocycles. The molecule has 0 aliphatic rings. The van der Waals surface area contributed by atoms with Crippen LogP contribution in [0.25, 0.3) is 0 Å². The van der Waals surface area contributed by atoms with Crippen LogP contribution in [-0.4, -0.2) is 24.5 Å². The van der Waals surface area contributed by atoms with Gasteiger partial charge in [0.25, 0.3) is 5.91 Å². The Balaban J connectivity index is 2.55. The van der Waals surface area contributed by atoms with Crippen LogP contribution >= 0.6 is 0 Å². The number of amides is 2. The molecule has 110 valence electrons. The van der Waals surface area contributed by atoms with Crippen molar-refractivity contribution < 1.29 is 22.8 Å². The molecule has 0 atom stereocenters. The van der Waals surface area contributed by atoms with Crippen molar-refractivity contribution in [1.29, 1.82) is 0 Å². The van der Waals surface area contributed by atoms with E-state index in [4.69, 9.17) is 0 Å². The van der Waals surface area contributed by atoms with Gasteiger partial charge < -0.3 is 10.6 Å². The van der Waals surface area contributed by atoms with Crippen LogP contribution in [0.1, 0.15) is 29.3 Å². The van der Waals surface area contributed by atoms with Gasteiger partial charge in [0.2, 0.25) is 0 Å². The van der Waals surface area contributed by atoms with Crippen LogP contribution in [-0.2, 0) is 11.3 Å². The first-order valence-electron chi connectivity index (χ1n) is 6.06. The van der Waals surface area contributed by atoms with Crippen LogP contribution < -0.4 is 10.6 Å². The van der Waals surface area contributed by atoms with Crippen LogP contribution in [0.3, 0.4) is 0 Å². The second-order valence-electron chi connectivity index (χ2n) is 4.13. The third-order valence-corrected chi connectivity index (χ3v) is 2.46. The number of carbonyl (C=O) groups is 2. The van der Waals surface area contributed by atoms with E-state index in [-0.39, 0.29) is 12.5 Å². The van der Waals surface area contributed by atoms with Gasteiger partial charge in [-0.2, -0.15) is 13.2 Å². The van der Waals surface area contributed by atoms with Crippen LogP contribution in [0, 0.1) is 0 Å². The van der Waals surface area contributed by atoms with Gasteiger partial charge in [-0.3, -0.25) is 9.59 Å². The molecule has 7 heteroatoms. The lowest BCUT2D eigenvalue weighted by atomic mass is 10.1. The Hall–Kier alpha value is -2.05. The number of alkyl halides is 3. The van der Waals surface area contributed by atoms with Crippen molar-refractivity contribution in [3.8, 4) is 0 Å². The summed E-state index contributed by atoms with van der Waals surface area (Å²) in [6.45, 7) is 2.24. The normalized spacial score (nSPS) is 11.0. The molecule has 0 saturated carbocycles. The van der Waals surface area contributed by atoms with Crippen molar-refractivity contribution in [2.45, 2.75) is 26.1 Å². The summed E-state index contributed by atoms with van der Waals surface area (Å²) in [7, 11) is 0. The monoisotopic (exact) mass is 288 g/mol. The predicted molar refractivity (Wildman–Crippen MR) is 67.0 cm³/mol. The standard InChI is InChI=1S/C13H15F3N2O2/c1-2-7-17-11(19)10-5-3-9(4-6-10)8-18-12(20)13(14,15)16/h3-6H,2,7-8H2,1H3,(H,17,19)(H,18,20). The number of rotatable bonds is 5. The van der Waals surface area contributed by atoms with Gasteiger partial charge in [-0.25, -0.2) is 0 Å². The second-order valence-corrected chi connectivity index (χ2v) is 4.13. The summed E-state index contributed by atoms with van der Waals surface area (Å²) in [5.74, 6) is -2.22. The fourth-order valence-corrected chi connectivity index (χ4v) is 1.40. The highest BCUT2D eigenvalue weighted by Crippen LogP contribution is 2.14. The SMILES string of the molecule is CCCNC(=O)c1ccc(CNC(=O)C(F)(F)F)cc1. The summed E-state index contributed by atoms with van der Waals surface area (Å²) in [5.41, 5.74) is 0.902. The van der Waals surface area contributed by atoms with Crippen molar-refractivity contribution in [3.05, 3.63) is 35.4 Å². The van der Waals surface area contributed by atoms with Gasteiger partial charge >= 0.3 is 12.1 Å². The van der Waals surface area contributed by atoms with Gasteiger partial charge in [0, 0.05) is 18.7 Å². The number of halogens is 3. The molecule has 20 heavy (non-hydrogen) atoms. The summed E-state index contributed by atoms with van der Waals surface area (Å²) < 4.78 is 35.9. The maximum absolute atomic E-state index is 12.0. The van der Waals surface area contributed by atoms with Crippen molar-refractivity contribution in [3.63, 3.8) is 0 Å². The van der Waals surface area contributed by atoms with Gasteiger partial charge in [-0.15, -0.1) is 0 Å². The first-order chi connectivity index (χ1) is 9.34. The average molecular weight is 288 g/mol. The molecule has 0 aliphatic carbocycles. The molecule has 0 radical (unpaired) electrons. The van der Waals surface area contributed by atoms with Gasteiger partial charge in [-0.05, 0) is 24.1 Å². The van der Waals surface area contributed by atoms with Crippen LogP contribution in [0.5, 0.6) is 0 Å². The second kappa shape index (κ2) is 6.93. The Morgan fingerprint density at radius 1 is 1.10 bits per heavy atom. The molecular formula is C13H15F3N2O2. The zero-order valence-corrected chi connectivity index (χ0v) is 10.9. The predicted octanol–water partition coefficient (Wildman–Crippen LogP) is 2.00. The van der Waals surface area contributed by atoms with E-state index in [1.165, 1.54) is 24.3 Å². The highest BCUT2D eigenvalue weighted by molar-refractivity contribution is 5.94. The fourth-order valence-electron chi connectivity index (χ4n) is 1.40. The minimum absolute atomic E-state index is 0.238. The molecule has 0 aromatic heterocycles. The number of hydrogen-bond donors (Lipinski definition) is 2. The maximum Gasteiger partial charge on any atom is 0.471 e. The largest absolute Gasteiger partial charge is 0.471 e. The van der Waals surface area contributed by atoms with Crippen LogP contribution in [0.2, 0.25) is 0 Å². The Kier molecular flexibility index (Phi) is 5.54. The van der Waals surface area contributed by atoms with Crippen LogP contribution in [0.15, 0.2) is 24.3 Å². The third kappa shape index (κ3) is 4.91. The highest BCUT2D eigenvalue weighted by atomic mass is 19.4. The maximum atomic E-state index is 12.0. The molecule has 0 heterocycles. The summed E-state index contributed by atoms with van der Waals surface area (Å²) >= 11 is 0. The first-order valence-corrected chi connectivity index (χ1v) is 6.06. The zero-order chi connectivity index (χ0) is 15.2. The fraction of sp³-hybridized carbons (Fsp3) is 0.385. The van der Waals surface area contributed by atoms with E-state index in [0.717, 1.165) is 6.42 Å². The Labute approximate surface area is 114 Å². The molecule has 2 N–H and O–H groups in total. The van der Waals surface area contributed by atoms with E-state index < -0.39 is 12.1 Å². The van der Waals surface area contributed by atoms with Gasteiger partial charge in [0.05, 0.1) is 0 Å². The number of nitrogens with one attached hydrogen (secondary N) is 2. The molecule has 1 rings (SSSR count). The average Bonchev–Trinajstić information content (AvgIpc) is 2.41. The van der Waals surface area contributed by atoms with Crippen molar-refractivity contribution in [2.75, 3.05) is 6.54 Å². The zero-order valence-electron chi connectivity index (χ0n) is 10.9. The number of benzene rings is 1. The molecular weight excluding hydrogens is 273 g/mol. The lowest BCUT2D eigenvalue weighted by molar-refractivity contribution is -0.173. The lowest BCUT2D eigenvalue weighted by Crippen LogP contribution is -2.36. The third-order valence-electron chi connectivity index (χ3n) is 2.46. The van der Waals surface area contributed by atoms with E-state index in [2.05, 4.69) is 5.32 Å².